The van der Waals surface area contributed by atoms with Crippen molar-refractivity contribution < 1.29 is 14.0 Å². The summed E-state index contributed by atoms with van der Waals surface area (Å²) in [4.78, 5) is 0. The summed E-state index contributed by atoms with van der Waals surface area (Å²) in [5.74, 6) is -1.74. The molecule has 0 heterocycles. The van der Waals surface area contributed by atoms with Gasteiger partial charge in [-0.15, -0.1) is 0 Å². The molecule has 0 fully saturated rings. The highest BCUT2D eigenvalue weighted by molar-refractivity contribution is 6.26. The third-order valence-electron chi connectivity index (χ3n) is 3.19. The van der Waals surface area contributed by atoms with E-state index in [4.69, 9.17) is 5.21 Å². The first kappa shape index (κ1) is 12.7. The van der Waals surface area contributed by atoms with E-state index in [0.717, 1.165) is 42.5 Å². The molecule has 96 valence electrons. The van der Waals surface area contributed by atoms with Gasteiger partial charge in [0.15, 0.2) is 11.6 Å². The summed E-state index contributed by atoms with van der Waals surface area (Å²) in [5.41, 5.74) is 3.07. The highest BCUT2D eigenvalue weighted by atomic mass is 19.2. The van der Waals surface area contributed by atoms with Gasteiger partial charge in [-0.1, -0.05) is 30.1 Å². The lowest BCUT2D eigenvalue weighted by Gasteiger charge is -2.08. The van der Waals surface area contributed by atoms with Crippen molar-refractivity contribution >= 4 is 11.3 Å². The van der Waals surface area contributed by atoms with Gasteiger partial charge in [0.05, 0.1) is 5.71 Å². The largest absolute Gasteiger partial charge is 0.411 e. The predicted octanol–water partition coefficient (Wildman–Crippen LogP) is 4.14. The van der Waals surface area contributed by atoms with E-state index in [-0.39, 0.29) is 0 Å². The van der Waals surface area contributed by atoms with Crippen LogP contribution in [0.3, 0.4) is 0 Å². The van der Waals surface area contributed by atoms with Crippen LogP contribution in [-0.2, 0) is 0 Å². The second-order valence-electron chi connectivity index (χ2n) is 4.40. The van der Waals surface area contributed by atoms with Crippen LogP contribution < -0.4 is 0 Å². The first-order valence-corrected chi connectivity index (χ1v) is 6.06. The Hall–Kier alpha value is -1.71. The molecule has 0 radical (unpaired) electrons. The van der Waals surface area contributed by atoms with Crippen LogP contribution in [0.2, 0.25) is 0 Å². The summed E-state index contributed by atoms with van der Waals surface area (Å²) in [5, 5.41) is 12.3. The Kier molecular flexibility index (Phi) is 3.75. The second-order valence-corrected chi connectivity index (χ2v) is 4.40. The fourth-order valence-electron chi connectivity index (χ4n) is 2.40. The van der Waals surface area contributed by atoms with Gasteiger partial charge in [-0.25, -0.2) is 8.78 Å². The van der Waals surface area contributed by atoms with Gasteiger partial charge in [-0.2, -0.15) is 0 Å². The fourth-order valence-corrected chi connectivity index (χ4v) is 2.40. The predicted molar refractivity (Wildman–Crippen MR) is 66.6 cm³/mol. The fraction of sp³-hybridized carbons (Fsp3) is 0.357. The molecule has 0 atom stereocenters. The van der Waals surface area contributed by atoms with E-state index in [2.05, 4.69) is 12.1 Å². The maximum Gasteiger partial charge on any atom is 0.159 e. The molecule has 0 spiro atoms. The summed E-state index contributed by atoms with van der Waals surface area (Å²) >= 11 is 0. The van der Waals surface area contributed by atoms with Gasteiger partial charge < -0.3 is 5.21 Å². The lowest BCUT2D eigenvalue weighted by molar-refractivity contribution is 0.319. The molecule has 1 aromatic carbocycles. The number of benzene rings is 1. The minimum absolute atomic E-state index is 0.560. The summed E-state index contributed by atoms with van der Waals surface area (Å²) in [6.07, 6.45) is 3.33. The van der Waals surface area contributed by atoms with E-state index < -0.39 is 11.6 Å². The van der Waals surface area contributed by atoms with Crippen LogP contribution in [0.25, 0.3) is 5.57 Å². The average Bonchev–Trinajstić information content (AvgIpc) is 2.76. The summed E-state index contributed by atoms with van der Waals surface area (Å²) in [6, 6.07) is 3.80. The van der Waals surface area contributed by atoms with Crippen molar-refractivity contribution in [2.45, 2.75) is 32.6 Å². The second kappa shape index (κ2) is 5.29. The maximum atomic E-state index is 13.3. The molecule has 4 heteroatoms. The van der Waals surface area contributed by atoms with Crippen molar-refractivity contribution in [3.63, 3.8) is 0 Å². The molecule has 2 rings (SSSR count). The monoisotopic (exact) mass is 251 g/mol. The minimum atomic E-state index is -0.875. The third-order valence-corrected chi connectivity index (χ3v) is 3.19. The summed E-state index contributed by atoms with van der Waals surface area (Å²) in [6.45, 7) is 2.06. The molecule has 0 amide bonds. The van der Waals surface area contributed by atoms with Gasteiger partial charge in [0.25, 0.3) is 0 Å². The lowest BCUT2D eigenvalue weighted by Crippen LogP contribution is -1.99. The molecule has 1 aliphatic rings. The average molecular weight is 251 g/mol. The minimum Gasteiger partial charge on any atom is -0.411 e. The standard InChI is InChI=1S/C14H15F2NO/c1-2-3-9-5-7-13(17-18)14(9)10-4-6-11(15)12(16)8-10/h4,6,8,18H,2-3,5,7H2,1H3. The lowest BCUT2D eigenvalue weighted by atomic mass is 9.98. The number of oxime groups is 1. The van der Waals surface area contributed by atoms with Gasteiger partial charge in [0, 0.05) is 5.57 Å². The van der Waals surface area contributed by atoms with Crippen molar-refractivity contribution in [3.05, 3.63) is 41.0 Å². The number of rotatable bonds is 3. The Balaban J connectivity index is 2.49. The van der Waals surface area contributed by atoms with Crippen LogP contribution in [0, 0.1) is 11.6 Å². The third kappa shape index (κ3) is 2.28. The maximum absolute atomic E-state index is 13.3. The topological polar surface area (TPSA) is 32.6 Å². The molecule has 1 N–H and O–H groups in total. The highest BCUT2D eigenvalue weighted by Gasteiger charge is 2.23. The van der Waals surface area contributed by atoms with Crippen molar-refractivity contribution in [1.82, 2.24) is 0 Å². The van der Waals surface area contributed by atoms with Crippen LogP contribution in [0.1, 0.15) is 38.2 Å². The molecular weight excluding hydrogens is 236 g/mol. The normalized spacial score (nSPS) is 17.8. The molecular formula is C14H15F2NO. The van der Waals surface area contributed by atoms with E-state index in [1.54, 1.807) is 0 Å². The van der Waals surface area contributed by atoms with E-state index in [1.165, 1.54) is 6.07 Å². The van der Waals surface area contributed by atoms with Crippen molar-refractivity contribution in [3.8, 4) is 0 Å². The summed E-state index contributed by atoms with van der Waals surface area (Å²) in [7, 11) is 0. The smallest absolute Gasteiger partial charge is 0.159 e. The number of halogens is 2. The van der Waals surface area contributed by atoms with E-state index in [1.807, 2.05) is 0 Å². The molecule has 0 saturated heterocycles. The van der Waals surface area contributed by atoms with E-state index in [9.17, 15) is 8.78 Å². The number of hydrogen-bond acceptors (Lipinski definition) is 2. The van der Waals surface area contributed by atoms with E-state index in [0.29, 0.717) is 17.7 Å². The van der Waals surface area contributed by atoms with Crippen molar-refractivity contribution in [2.75, 3.05) is 0 Å². The Morgan fingerprint density at radius 1 is 1.22 bits per heavy atom. The molecule has 0 aromatic heterocycles. The van der Waals surface area contributed by atoms with Crippen molar-refractivity contribution in [2.24, 2.45) is 5.16 Å². The van der Waals surface area contributed by atoms with E-state index >= 15 is 0 Å². The number of allylic oxidation sites excluding steroid dienone is 2. The highest BCUT2D eigenvalue weighted by Crippen LogP contribution is 2.34. The molecule has 0 unspecified atom stereocenters. The molecule has 0 aliphatic heterocycles. The Morgan fingerprint density at radius 3 is 2.61 bits per heavy atom. The molecule has 2 nitrogen and oxygen atoms in total. The Bertz CT molecular complexity index is 521. The van der Waals surface area contributed by atoms with Gasteiger partial charge in [-0.05, 0) is 37.0 Å². The summed E-state index contributed by atoms with van der Waals surface area (Å²) < 4.78 is 26.2. The number of nitrogens with zero attached hydrogens (tertiary/aromatic N) is 1. The molecule has 0 bridgehead atoms. The van der Waals surface area contributed by atoms with Crippen LogP contribution in [0.15, 0.2) is 28.9 Å². The van der Waals surface area contributed by atoms with Gasteiger partial charge in [0.2, 0.25) is 0 Å². The molecule has 18 heavy (non-hydrogen) atoms. The molecule has 1 aromatic rings. The SMILES string of the molecule is CCCC1=C(c2ccc(F)c(F)c2)C(=NO)CC1. The Labute approximate surface area is 105 Å². The van der Waals surface area contributed by atoms with Crippen LogP contribution in [-0.4, -0.2) is 10.9 Å². The zero-order chi connectivity index (χ0) is 13.1. The van der Waals surface area contributed by atoms with Crippen molar-refractivity contribution in [1.29, 1.82) is 0 Å². The zero-order valence-corrected chi connectivity index (χ0v) is 10.2. The van der Waals surface area contributed by atoms with Gasteiger partial charge >= 0.3 is 0 Å². The molecule has 0 saturated carbocycles. The molecule has 1 aliphatic carbocycles. The Morgan fingerprint density at radius 2 is 2.00 bits per heavy atom. The van der Waals surface area contributed by atoms with Crippen LogP contribution >= 0.6 is 0 Å². The first-order chi connectivity index (χ1) is 8.67. The van der Waals surface area contributed by atoms with Gasteiger partial charge in [-0.3, -0.25) is 0 Å². The first-order valence-electron chi connectivity index (χ1n) is 6.06. The quantitative estimate of drug-likeness (QED) is 0.635. The zero-order valence-electron chi connectivity index (χ0n) is 10.2. The van der Waals surface area contributed by atoms with Crippen LogP contribution in [0.5, 0.6) is 0 Å². The van der Waals surface area contributed by atoms with Gasteiger partial charge in [0.1, 0.15) is 0 Å². The number of hydrogen-bond donors (Lipinski definition) is 1. The van der Waals surface area contributed by atoms with Crippen LogP contribution in [0.4, 0.5) is 8.78 Å².